The lowest BCUT2D eigenvalue weighted by Gasteiger charge is -2.40. The molecule has 0 aliphatic carbocycles. The van der Waals surface area contributed by atoms with Gasteiger partial charge in [-0.3, -0.25) is 4.79 Å². The SMILES string of the molecule is CCC(CC)CC1(O)CCN(C(=O)Cc2cc(Oc3ccc(F)cc3)cc(Sc3ccc(S(C)(=O)=O)cc3)c2)CC1. The molecule has 1 heterocycles. The molecule has 3 aromatic rings. The predicted molar refractivity (Wildman–Crippen MR) is 160 cm³/mol. The maximum absolute atomic E-state index is 13.4. The lowest BCUT2D eigenvalue weighted by atomic mass is 9.81. The van der Waals surface area contributed by atoms with Crippen LogP contribution in [0.4, 0.5) is 4.39 Å². The Hall–Kier alpha value is -2.88. The van der Waals surface area contributed by atoms with Crippen LogP contribution in [0, 0.1) is 11.7 Å². The van der Waals surface area contributed by atoms with Gasteiger partial charge in [-0.05, 0) is 97.5 Å². The monoisotopic (exact) mass is 599 g/mol. The van der Waals surface area contributed by atoms with Gasteiger partial charge in [0.25, 0.3) is 0 Å². The van der Waals surface area contributed by atoms with Crippen molar-refractivity contribution in [1.29, 1.82) is 0 Å². The minimum Gasteiger partial charge on any atom is -0.457 e. The van der Waals surface area contributed by atoms with Crippen LogP contribution in [0.5, 0.6) is 11.5 Å². The molecule has 220 valence electrons. The van der Waals surface area contributed by atoms with Gasteiger partial charge in [-0.15, -0.1) is 0 Å². The number of carbonyl (C=O) groups excluding carboxylic acids is 1. The second-order valence-corrected chi connectivity index (χ2v) is 14.0. The number of likely N-dealkylation sites (tertiary alicyclic amines) is 1. The highest BCUT2D eigenvalue weighted by atomic mass is 32.2. The molecule has 0 spiro atoms. The minimum absolute atomic E-state index is 0.0121. The van der Waals surface area contributed by atoms with Gasteiger partial charge in [-0.2, -0.15) is 0 Å². The van der Waals surface area contributed by atoms with Gasteiger partial charge in [0.05, 0.1) is 16.9 Å². The molecule has 1 fully saturated rings. The van der Waals surface area contributed by atoms with Gasteiger partial charge in [-0.1, -0.05) is 38.5 Å². The van der Waals surface area contributed by atoms with Gasteiger partial charge in [-0.25, -0.2) is 12.8 Å². The molecule has 1 aliphatic heterocycles. The average Bonchev–Trinajstić information content (AvgIpc) is 2.93. The van der Waals surface area contributed by atoms with Crippen LogP contribution in [0.2, 0.25) is 0 Å². The van der Waals surface area contributed by atoms with Gasteiger partial charge in [0, 0.05) is 29.1 Å². The first kappa shape index (κ1) is 31.1. The van der Waals surface area contributed by atoms with E-state index in [1.165, 1.54) is 30.2 Å². The van der Waals surface area contributed by atoms with Gasteiger partial charge >= 0.3 is 0 Å². The molecule has 0 saturated carbocycles. The molecule has 1 amide bonds. The number of sulfone groups is 1. The molecular formula is C32H38FNO5S2. The molecule has 6 nitrogen and oxygen atoms in total. The molecule has 0 unspecified atom stereocenters. The Morgan fingerprint density at radius 3 is 2.20 bits per heavy atom. The third-order valence-electron chi connectivity index (χ3n) is 7.70. The zero-order valence-electron chi connectivity index (χ0n) is 23.8. The van der Waals surface area contributed by atoms with E-state index in [1.807, 2.05) is 23.1 Å². The van der Waals surface area contributed by atoms with Crippen molar-refractivity contribution < 1.29 is 27.4 Å². The van der Waals surface area contributed by atoms with Crippen molar-refractivity contribution in [3.8, 4) is 11.5 Å². The second kappa shape index (κ2) is 13.4. The van der Waals surface area contributed by atoms with Crippen molar-refractivity contribution in [1.82, 2.24) is 4.90 Å². The summed E-state index contributed by atoms with van der Waals surface area (Å²) in [4.78, 5) is 17.0. The summed E-state index contributed by atoms with van der Waals surface area (Å²) in [6.45, 7) is 5.35. The number of hydrogen-bond acceptors (Lipinski definition) is 6. The Labute approximate surface area is 246 Å². The number of nitrogens with zero attached hydrogens (tertiary/aromatic N) is 1. The van der Waals surface area contributed by atoms with E-state index in [1.54, 1.807) is 36.4 Å². The molecule has 4 rings (SSSR count). The third kappa shape index (κ3) is 8.80. The lowest BCUT2D eigenvalue weighted by molar-refractivity contribution is -0.135. The maximum atomic E-state index is 13.4. The zero-order valence-corrected chi connectivity index (χ0v) is 25.4. The van der Waals surface area contributed by atoms with Crippen molar-refractivity contribution >= 4 is 27.5 Å². The van der Waals surface area contributed by atoms with Crippen LogP contribution in [-0.4, -0.2) is 49.3 Å². The molecule has 9 heteroatoms. The van der Waals surface area contributed by atoms with Gasteiger partial charge in [0.15, 0.2) is 9.84 Å². The number of halogens is 1. The molecule has 1 aliphatic rings. The fourth-order valence-electron chi connectivity index (χ4n) is 5.16. The van der Waals surface area contributed by atoms with Crippen LogP contribution in [-0.2, 0) is 21.1 Å². The van der Waals surface area contributed by atoms with E-state index >= 15 is 0 Å². The van der Waals surface area contributed by atoms with E-state index in [9.17, 15) is 22.7 Å². The smallest absolute Gasteiger partial charge is 0.226 e. The molecular weight excluding hydrogens is 561 g/mol. The topological polar surface area (TPSA) is 83.9 Å². The maximum Gasteiger partial charge on any atom is 0.226 e. The molecule has 0 atom stereocenters. The van der Waals surface area contributed by atoms with E-state index in [-0.39, 0.29) is 23.0 Å². The largest absolute Gasteiger partial charge is 0.457 e. The first-order valence-corrected chi connectivity index (χ1v) is 16.7. The van der Waals surface area contributed by atoms with E-state index in [0.717, 1.165) is 34.6 Å². The molecule has 1 N–H and O–H groups in total. The van der Waals surface area contributed by atoms with Gasteiger partial charge < -0.3 is 14.7 Å². The molecule has 1 saturated heterocycles. The Kier molecular flexibility index (Phi) is 10.2. The Bertz CT molecular complexity index is 1430. The number of rotatable bonds is 11. The summed E-state index contributed by atoms with van der Waals surface area (Å²) >= 11 is 1.43. The van der Waals surface area contributed by atoms with Crippen LogP contribution in [0.25, 0.3) is 0 Å². The number of amides is 1. The molecule has 0 aromatic heterocycles. The standard InChI is InChI=1S/C32H38FNO5S2/c1-4-23(5-2)22-32(36)14-16-34(17-15-32)31(35)20-24-18-27(39-26-8-6-25(33)7-9-26)21-29(19-24)40-28-10-12-30(13-11-28)41(3,37)38/h6-13,18-19,21,23,36H,4-5,14-17,20,22H2,1-3H3. The van der Waals surface area contributed by atoms with E-state index in [4.69, 9.17) is 4.74 Å². The zero-order chi connectivity index (χ0) is 29.6. The number of ether oxygens (including phenoxy) is 1. The third-order valence-corrected chi connectivity index (χ3v) is 9.81. The van der Waals surface area contributed by atoms with Crippen molar-refractivity contribution in [3.05, 3.63) is 78.1 Å². The van der Waals surface area contributed by atoms with Gasteiger partial charge in [0.2, 0.25) is 5.91 Å². The van der Waals surface area contributed by atoms with E-state index < -0.39 is 15.4 Å². The van der Waals surface area contributed by atoms with Crippen molar-refractivity contribution in [2.24, 2.45) is 5.92 Å². The van der Waals surface area contributed by atoms with Crippen LogP contribution in [0.15, 0.2) is 81.4 Å². The summed E-state index contributed by atoms with van der Waals surface area (Å²) < 4.78 is 43.1. The first-order valence-electron chi connectivity index (χ1n) is 14.0. The van der Waals surface area contributed by atoms with Crippen LogP contribution in [0.3, 0.4) is 0 Å². The quantitative estimate of drug-likeness (QED) is 0.258. The Balaban J connectivity index is 1.50. The highest BCUT2D eigenvalue weighted by molar-refractivity contribution is 7.99. The molecule has 0 radical (unpaired) electrons. The molecule has 41 heavy (non-hydrogen) atoms. The van der Waals surface area contributed by atoms with Crippen LogP contribution < -0.4 is 4.74 Å². The number of aliphatic hydroxyl groups is 1. The first-order chi connectivity index (χ1) is 19.5. The fourth-order valence-corrected chi connectivity index (χ4v) is 6.72. The van der Waals surface area contributed by atoms with Crippen molar-refractivity contribution in [2.75, 3.05) is 19.3 Å². The predicted octanol–water partition coefficient (Wildman–Crippen LogP) is 6.90. The Morgan fingerprint density at radius 2 is 1.61 bits per heavy atom. The summed E-state index contributed by atoms with van der Waals surface area (Å²) in [6.07, 6.45) is 5.36. The van der Waals surface area contributed by atoms with Crippen molar-refractivity contribution in [3.63, 3.8) is 0 Å². The summed E-state index contributed by atoms with van der Waals surface area (Å²) in [5.74, 6) is 1.09. The summed E-state index contributed by atoms with van der Waals surface area (Å²) in [5.41, 5.74) is 0.0510. The number of piperidine rings is 1. The number of carbonyl (C=O) groups is 1. The highest BCUT2D eigenvalue weighted by Crippen LogP contribution is 2.35. The normalized spacial score (nSPS) is 15.2. The number of hydrogen-bond donors (Lipinski definition) is 1. The van der Waals surface area contributed by atoms with E-state index in [0.29, 0.717) is 43.3 Å². The van der Waals surface area contributed by atoms with Crippen molar-refractivity contribution in [2.45, 2.75) is 72.7 Å². The molecule has 3 aromatic carbocycles. The summed E-state index contributed by atoms with van der Waals surface area (Å²) in [5, 5.41) is 11.1. The lowest BCUT2D eigenvalue weighted by Crippen LogP contribution is -2.47. The Morgan fingerprint density at radius 1 is 0.976 bits per heavy atom. The summed E-state index contributed by atoms with van der Waals surface area (Å²) in [7, 11) is -3.30. The second-order valence-electron chi connectivity index (χ2n) is 10.9. The minimum atomic E-state index is -3.30. The number of benzene rings is 3. The summed E-state index contributed by atoms with van der Waals surface area (Å²) in [6, 6.07) is 17.9. The molecule has 0 bridgehead atoms. The average molecular weight is 600 g/mol. The van der Waals surface area contributed by atoms with Crippen LogP contribution in [0.1, 0.15) is 51.5 Å². The fraction of sp³-hybridized carbons (Fsp3) is 0.406. The van der Waals surface area contributed by atoms with E-state index in [2.05, 4.69) is 13.8 Å². The van der Waals surface area contributed by atoms with Crippen LogP contribution >= 0.6 is 11.8 Å². The van der Waals surface area contributed by atoms with Gasteiger partial charge in [0.1, 0.15) is 17.3 Å². The highest BCUT2D eigenvalue weighted by Gasteiger charge is 2.35.